The minimum absolute atomic E-state index is 0.423. The van der Waals surface area contributed by atoms with Crippen LogP contribution in [0.2, 0.25) is 0 Å². The van der Waals surface area contributed by atoms with Gasteiger partial charge in [0.05, 0.1) is 20.3 Å². The van der Waals surface area contributed by atoms with Crippen LogP contribution in [0.15, 0.2) is 12.1 Å². The number of pyridine rings is 1. The second-order valence-corrected chi connectivity index (χ2v) is 4.78. The molecule has 5 nitrogen and oxygen atoms in total. The molecule has 2 fully saturated rings. The van der Waals surface area contributed by atoms with Gasteiger partial charge in [0.1, 0.15) is 11.6 Å². The van der Waals surface area contributed by atoms with Crippen molar-refractivity contribution in [2.45, 2.75) is 18.6 Å². The number of nitrogens with zero attached hydrogens (tertiary/aromatic N) is 2. The predicted molar refractivity (Wildman–Crippen MR) is 66.8 cm³/mol. The number of ether oxygens (including phenoxy) is 3. The molecule has 0 N–H and O–H groups in total. The average Bonchev–Trinajstić information content (AvgIpc) is 2.87. The van der Waals surface area contributed by atoms with E-state index in [1.807, 2.05) is 4.90 Å². The highest BCUT2D eigenvalue weighted by atomic mass is 19.1. The summed E-state index contributed by atoms with van der Waals surface area (Å²) in [6, 6.07) is 3.02. The van der Waals surface area contributed by atoms with Crippen molar-refractivity contribution in [1.82, 2.24) is 4.98 Å². The number of hydrogen-bond donors (Lipinski definition) is 0. The molecule has 3 heterocycles. The lowest BCUT2D eigenvalue weighted by molar-refractivity contribution is -0.169. The summed E-state index contributed by atoms with van der Waals surface area (Å²) in [5, 5.41) is 0. The first-order valence-corrected chi connectivity index (χ1v) is 6.45. The lowest BCUT2D eigenvalue weighted by atomic mass is 10.0. The van der Waals surface area contributed by atoms with Crippen LogP contribution >= 0.6 is 0 Å². The molecule has 1 spiro atoms. The number of aromatic nitrogens is 1. The zero-order valence-corrected chi connectivity index (χ0v) is 10.9. The zero-order valence-electron chi connectivity index (χ0n) is 10.9. The second-order valence-electron chi connectivity index (χ2n) is 4.78. The largest absolute Gasteiger partial charge is 0.496 e. The Labute approximate surface area is 111 Å². The van der Waals surface area contributed by atoms with Crippen LogP contribution in [0.4, 0.5) is 10.2 Å². The summed E-state index contributed by atoms with van der Waals surface area (Å²) in [6.07, 6.45) is 1.54. The topological polar surface area (TPSA) is 43.8 Å². The van der Waals surface area contributed by atoms with Gasteiger partial charge in [0.25, 0.3) is 0 Å². The Kier molecular flexibility index (Phi) is 3.28. The molecule has 0 radical (unpaired) electrons. The fourth-order valence-corrected chi connectivity index (χ4v) is 2.60. The van der Waals surface area contributed by atoms with Crippen LogP contribution in [0.1, 0.15) is 12.8 Å². The molecule has 19 heavy (non-hydrogen) atoms. The van der Waals surface area contributed by atoms with Crippen molar-refractivity contribution in [2.24, 2.45) is 0 Å². The third kappa shape index (κ3) is 2.50. The third-order valence-electron chi connectivity index (χ3n) is 3.65. The molecule has 1 aromatic rings. The van der Waals surface area contributed by atoms with E-state index in [2.05, 4.69) is 4.98 Å². The highest BCUT2D eigenvalue weighted by Crippen LogP contribution is 2.33. The standard InChI is InChI=1S/C13H17FN2O3/c1-17-10-8-11(14)15-12(9-10)16-4-2-13(3-5-16)18-6-7-19-13/h8-9H,2-7H2,1H3. The number of halogens is 1. The minimum atomic E-state index is -0.525. The lowest BCUT2D eigenvalue weighted by Gasteiger charge is -2.38. The van der Waals surface area contributed by atoms with E-state index < -0.39 is 11.7 Å². The summed E-state index contributed by atoms with van der Waals surface area (Å²) < 4.78 is 29.8. The van der Waals surface area contributed by atoms with Crippen molar-refractivity contribution in [3.8, 4) is 5.75 Å². The molecule has 104 valence electrons. The lowest BCUT2D eigenvalue weighted by Crippen LogP contribution is -2.45. The van der Waals surface area contributed by atoms with E-state index in [1.165, 1.54) is 13.2 Å². The van der Waals surface area contributed by atoms with Crippen molar-refractivity contribution in [3.05, 3.63) is 18.1 Å². The molecule has 2 aliphatic rings. The number of methoxy groups -OCH3 is 1. The molecular formula is C13H17FN2O3. The van der Waals surface area contributed by atoms with Crippen molar-refractivity contribution < 1.29 is 18.6 Å². The van der Waals surface area contributed by atoms with Gasteiger partial charge >= 0.3 is 0 Å². The van der Waals surface area contributed by atoms with Gasteiger partial charge in [0.2, 0.25) is 5.95 Å². The van der Waals surface area contributed by atoms with E-state index in [9.17, 15) is 4.39 Å². The maximum absolute atomic E-state index is 13.4. The van der Waals surface area contributed by atoms with Crippen LogP contribution in [-0.2, 0) is 9.47 Å². The van der Waals surface area contributed by atoms with Crippen molar-refractivity contribution >= 4 is 5.82 Å². The Bertz CT molecular complexity index is 453. The SMILES string of the molecule is COc1cc(F)nc(N2CCC3(CC2)OCCO3)c1. The van der Waals surface area contributed by atoms with Crippen LogP contribution in [0, 0.1) is 5.95 Å². The Balaban J connectivity index is 1.72. The maximum atomic E-state index is 13.4. The Hall–Kier alpha value is -1.40. The number of hydrogen-bond acceptors (Lipinski definition) is 5. The molecule has 0 saturated carbocycles. The molecule has 2 saturated heterocycles. The summed E-state index contributed by atoms with van der Waals surface area (Å²) in [6.45, 7) is 2.79. The Morgan fingerprint density at radius 3 is 2.58 bits per heavy atom. The van der Waals surface area contributed by atoms with Gasteiger partial charge in [0.15, 0.2) is 5.79 Å². The van der Waals surface area contributed by atoms with Gasteiger partial charge in [-0.2, -0.15) is 4.39 Å². The molecule has 0 aliphatic carbocycles. The highest BCUT2D eigenvalue weighted by molar-refractivity contribution is 5.44. The number of piperidine rings is 1. The van der Waals surface area contributed by atoms with E-state index in [0.29, 0.717) is 24.8 Å². The van der Waals surface area contributed by atoms with Crippen LogP contribution in [0.25, 0.3) is 0 Å². The first-order chi connectivity index (χ1) is 9.21. The van der Waals surface area contributed by atoms with Gasteiger partial charge in [-0.15, -0.1) is 0 Å². The molecule has 0 amide bonds. The molecule has 3 rings (SSSR count). The molecule has 0 unspecified atom stereocenters. The summed E-state index contributed by atoms with van der Waals surface area (Å²) in [4.78, 5) is 5.95. The van der Waals surface area contributed by atoms with E-state index in [-0.39, 0.29) is 0 Å². The second kappa shape index (κ2) is 4.94. The summed E-state index contributed by atoms with van der Waals surface area (Å²) in [5.74, 6) is 0.136. The molecule has 0 atom stereocenters. The highest BCUT2D eigenvalue weighted by Gasteiger charge is 2.40. The van der Waals surface area contributed by atoms with Gasteiger partial charge in [-0.1, -0.05) is 0 Å². The van der Waals surface area contributed by atoms with Crippen molar-refractivity contribution in [1.29, 1.82) is 0 Å². The third-order valence-corrected chi connectivity index (χ3v) is 3.65. The first-order valence-electron chi connectivity index (χ1n) is 6.45. The maximum Gasteiger partial charge on any atom is 0.218 e. The molecule has 0 aromatic carbocycles. The van der Waals surface area contributed by atoms with E-state index in [0.717, 1.165) is 25.9 Å². The quantitative estimate of drug-likeness (QED) is 0.762. The summed E-state index contributed by atoms with van der Waals surface area (Å²) in [7, 11) is 1.52. The van der Waals surface area contributed by atoms with Gasteiger partial charge in [-0.3, -0.25) is 0 Å². The predicted octanol–water partition coefficient (Wildman–Crippen LogP) is 1.57. The van der Waals surface area contributed by atoms with Crippen LogP contribution in [0.3, 0.4) is 0 Å². The van der Waals surface area contributed by atoms with Gasteiger partial charge in [-0.25, -0.2) is 4.98 Å². The van der Waals surface area contributed by atoms with Crippen molar-refractivity contribution in [2.75, 3.05) is 38.3 Å². The molecule has 2 aliphatic heterocycles. The van der Waals surface area contributed by atoms with Crippen LogP contribution in [0.5, 0.6) is 5.75 Å². The molecule has 0 bridgehead atoms. The fraction of sp³-hybridized carbons (Fsp3) is 0.615. The van der Waals surface area contributed by atoms with E-state index in [1.54, 1.807) is 6.07 Å². The van der Waals surface area contributed by atoms with Crippen LogP contribution < -0.4 is 9.64 Å². The van der Waals surface area contributed by atoms with Crippen LogP contribution in [-0.4, -0.2) is 44.2 Å². The fourth-order valence-electron chi connectivity index (χ4n) is 2.60. The van der Waals surface area contributed by atoms with Gasteiger partial charge < -0.3 is 19.1 Å². The minimum Gasteiger partial charge on any atom is -0.496 e. The average molecular weight is 268 g/mol. The molecule has 1 aromatic heterocycles. The van der Waals surface area contributed by atoms with Gasteiger partial charge in [0, 0.05) is 38.1 Å². The Morgan fingerprint density at radius 1 is 1.26 bits per heavy atom. The monoisotopic (exact) mass is 268 g/mol. The van der Waals surface area contributed by atoms with Crippen molar-refractivity contribution in [3.63, 3.8) is 0 Å². The molecule has 6 heteroatoms. The summed E-state index contributed by atoms with van der Waals surface area (Å²) in [5.41, 5.74) is 0. The number of anilines is 1. The number of rotatable bonds is 2. The molecular weight excluding hydrogens is 251 g/mol. The van der Waals surface area contributed by atoms with E-state index in [4.69, 9.17) is 14.2 Å². The first kappa shape index (κ1) is 12.6. The zero-order chi connectivity index (χ0) is 13.3. The Morgan fingerprint density at radius 2 is 1.95 bits per heavy atom. The van der Waals surface area contributed by atoms with Gasteiger partial charge in [-0.05, 0) is 0 Å². The smallest absolute Gasteiger partial charge is 0.218 e. The summed E-state index contributed by atoms with van der Waals surface area (Å²) >= 11 is 0. The van der Waals surface area contributed by atoms with E-state index >= 15 is 0 Å². The normalized spacial score (nSPS) is 21.9.